The Labute approximate surface area is 144 Å². The number of hydrogen-bond donors (Lipinski definition) is 1. The first-order chi connectivity index (χ1) is 11.3. The number of thiazole rings is 1. The molecule has 1 aromatic carbocycles. The van der Waals surface area contributed by atoms with Gasteiger partial charge < -0.3 is 10.1 Å². The lowest BCUT2D eigenvalue weighted by Crippen LogP contribution is -2.47. The number of aromatic nitrogens is 1. The summed E-state index contributed by atoms with van der Waals surface area (Å²) in [4.78, 5) is 16.7. The molecule has 1 aromatic heterocycles. The molecule has 3 rings (SSSR count). The van der Waals surface area contributed by atoms with Crippen molar-refractivity contribution in [2.75, 3.05) is 18.6 Å². The minimum absolute atomic E-state index is 0.0266. The molecule has 0 saturated carbocycles. The van der Waals surface area contributed by atoms with Crippen molar-refractivity contribution in [1.29, 1.82) is 0 Å². The molecule has 1 aliphatic rings. The summed E-state index contributed by atoms with van der Waals surface area (Å²) in [6.45, 7) is 1.76. The maximum Gasteiger partial charge on any atom is 0.271 e. The molecular formula is C16H18N2O4S2. The Balaban J connectivity index is 1.74. The van der Waals surface area contributed by atoms with E-state index < -0.39 is 15.4 Å². The van der Waals surface area contributed by atoms with Crippen LogP contribution in [0.4, 0.5) is 0 Å². The van der Waals surface area contributed by atoms with E-state index in [-0.39, 0.29) is 17.4 Å². The zero-order valence-corrected chi connectivity index (χ0v) is 15.0. The maximum atomic E-state index is 12.4. The Morgan fingerprint density at radius 2 is 2.04 bits per heavy atom. The topological polar surface area (TPSA) is 85.4 Å². The van der Waals surface area contributed by atoms with Crippen molar-refractivity contribution in [1.82, 2.24) is 10.3 Å². The van der Waals surface area contributed by atoms with Gasteiger partial charge in [-0.1, -0.05) is 0 Å². The van der Waals surface area contributed by atoms with Crippen molar-refractivity contribution in [2.24, 2.45) is 0 Å². The van der Waals surface area contributed by atoms with Gasteiger partial charge in [0.15, 0.2) is 9.84 Å². The van der Waals surface area contributed by atoms with E-state index in [2.05, 4.69) is 10.3 Å². The normalized spacial score (nSPS) is 22.2. The summed E-state index contributed by atoms with van der Waals surface area (Å²) < 4.78 is 28.4. The van der Waals surface area contributed by atoms with E-state index in [0.717, 1.165) is 16.3 Å². The first-order valence-corrected chi connectivity index (χ1v) is 10.1. The van der Waals surface area contributed by atoms with Crippen molar-refractivity contribution in [3.05, 3.63) is 35.3 Å². The van der Waals surface area contributed by atoms with Crippen molar-refractivity contribution < 1.29 is 17.9 Å². The van der Waals surface area contributed by atoms with Crippen LogP contribution >= 0.6 is 11.3 Å². The second-order valence-corrected chi connectivity index (χ2v) is 9.17. The Kier molecular flexibility index (Phi) is 4.35. The predicted octanol–water partition coefficient (Wildman–Crippen LogP) is 2.13. The second-order valence-electron chi connectivity index (χ2n) is 6.12. The number of nitrogens with one attached hydrogen (secondary N) is 1. The predicted molar refractivity (Wildman–Crippen MR) is 93.2 cm³/mol. The summed E-state index contributed by atoms with van der Waals surface area (Å²) >= 11 is 1.37. The van der Waals surface area contributed by atoms with Crippen molar-refractivity contribution in [3.8, 4) is 16.3 Å². The number of nitrogens with zero attached hydrogens (tertiary/aromatic N) is 1. The maximum absolute atomic E-state index is 12.4. The Bertz CT molecular complexity index is 858. The highest BCUT2D eigenvalue weighted by Crippen LogP contribution is 2.27. The van der Waals surface area contributed by atoms with Gasteiger partial charge in [0.1, 0.15) is 16.5 Å². The van der Waals surface area contributed by atoms with Crippen molar-refractivity contribution in [2.45, 2.75) is 18.9 Å². The summed E-state index contributed by atoms with van der Waals surface area (Å²) in [7, 11) is -1.47. The van der Waals surface area contributed by atoms with Crippen LogP contribution in [0.5, 0.6) is 5.75 Å². The number of carbonyl (C=O) groups is 1. The fourth-order valence-electron chi connectivity index (χ4n) is 2.69. The van der Waals surface area contributed by atoms with Crippen molar-refractivity contribution >= 4 is 27.1 Å². The Morgan fingerprint density at radius 3 is 2.62 bits per heavy atom. The summed E-state index contributed by atoms with van der Waals surface area (Å²) in [5.41, 5.74) is 0.477. The molecular weight excluding hydrogens is 348 g/mol. The van der Waals surface area contributed by atoms with Gasteiger partial charge in [0.05, 0.1) is 24.2 Å². The first-order valence-electron chi connectivity index (χ1n) is 7.43. The third kappa shape index (κ3) is 3.59. The van der Waals surface area contributed by atoms with Crippen LogP contribution in [0.1, 0.15) is 23.8 Å². The molecule has 1 amide bonds. The number of amides is 1. The van der Waals surface area contributed by atoms with Gasteiger partial charge in [0.2, 0.25) is 0 Å². The molecule has 0 radical (unpaired) electrons. The molecule has 1 fully saturated rings. The van der Waals surface area contributed by atoms with E-state index in [1.165, 1.54) is 11.3 Å². The molecule has 0 bridgehead atoms. The lowest BCUT2D eigenvalue weighted by Gasteiger charge is -2.23. The van der Waals surface area contributed by atoms with Crippen LogP contribution in [0, 0.1) is 0 Å². The lowest BCUT2D eigenvalue weighted by molar-refractivity contribution is 0.0911. The summed E-state index contributed by atoms with van der Waals surface area (Å²) in [5.74, 6) is 0.494. The minimum Gasteiger partial charge on any atom is -0.497 e. The second kappa shape index (κ2) is 6.18. The third-order valence-corrected chi connectivity index (χ3v) is 6.79. The van der Waals surface area contributed by atoms with E-state index >= 15 is 0 Å². The number of sulfone groups is 1. The fourth-order valence-corrected chi connectivity index (χ4v) is 5.59. The van der Waals surface area contributed by atoms with Gasteiger partial charge in [0.25, 0.3) is 5.91 Å². The number of hydrogen-bond acceptors (Lipinski definition) is 6. The minimum atomic E-state index is -3.07. The van der Waals surface area contributed by atoms with Gasteiger partial charge in [0, 0.05) is 10.9 Å². The molecule has 0 spiro atoms. The van der Waals surface area contributed by atoms with E-state index in [1.54, 1.807) is 19.4 Å². The SMILES string of the molecule is COc1ccc(-c2nc(C(=O)N[C@@]3(C)CCS(=O)(=O)C3)cs2)cc1. The quantitative estimate of drug-likeness (QED) is 0.896. The summed E-state index contributed by atoms with van der Waals surface area (Å²) in [5, 5.41) is 5.23. The molecule has 2 aromatic rings. The van der Waals surface area contributed by atoms with Gasteiger partial charge in [-0.2, -0.15) is 0 Å². The van der Waals surface area contributed by atoms with E-state index in [0.29, 0.717) is 12.1 Å². The van der Waals surface area contributed by atoms with Crippen molar-refractivity contribution in [3.63, 3.8) is 0 Å². The highest BCUT2D eigenvalue weighted by Gasteiger charge is 2.39. The zero-order valence-electron chi connectivity index (χ0n) is 13.4. The van der Waals surface area contributed by atoms with Gasteiger partial charge in [-0.25, -0.2) is 13.4 Å². The van der Waals surface area contributed by atoms with Gasteiger partial charge >= 0.3 is 0 Å². The number of benzene rings is 1. The van der Waals surface area contributed by atoms with E-state index in [9.17, 15) is 13.2 Å². The zero-order chi connectivity index (χ0) is 17.4. The van der Waals surface area contributed by atoms with Crippen LogP contribution in [0.2, 0.25) is 0 Å². The van der Waals surface area contributed by atoms with Crippen LogP contribution in [-0.4, -0.2) is 43.5 Å². The Hall–Kier alpha value is -1.93. The lowest BCUT2D eigenvalue weighted by atomic mass is 10.0. The van der Waals surface area contributed by atoms with Crippen LogP contribution in [0.15, 0.2) is 29.6 Å². The molecule has 1 N–H and O–H groups in total. The molecule has 1 saturated heterocycles. The average molecular weight is 366 g/mol. The third-order valence-electron chi connectivity index (χ3n) is 3.99. The standard InChI is InChI=1S/C16H18N2O4S2/c1-16(7-8-24(20,21)10-16)18-14(19)13-9-23-15(17-13)11-3-5-12(22-2)6-4-11/h3-6,9H,7-8,10H2,1-2H3,(H,18,19)/t16-/m0/s1. The van der Waals surface area contributed by atoms with Gasteiger partial charge in [-0.3, -0.25) is 4.79 Å². The molecule has 0 aliphatic carbocycles. The molecule has 1 aliphatic heterocycles. The molecule has 0 unspecified atom stereocenters. The van der Waals surface area contributed by atoms with Crippen LogP contribution in [-0.2, 0) is 9.84 Å². The van der Waals surface area contributed by atoms with Gasteiger partial charge in [-0.15, -0.1) is 11.3 Å². The summed E-state index contributed by atoms with van der Waals surface area (Å²) in [6.07, 6.45) is 0.427. The molecule has 24 heavy (non-hydrogen) atoms. The first kappa shape index (κ1) is 16.9. The highest BCUT2D eigenvalue weighted by atomic mass is 32.2. The monoisotopic (exact) mass is 366 g/mol. The summed E-state index contributed by atoms with van der Waals surface area (Å²) in [6, 6.07) is 7.43. The number of carbonyl (C=O) groups excluding carboxylic acids is 1. The smallest absolute Gasteiger partial charge is 0.271 e. The molecule has 6 nitrogen and oxygen atoms in total. The van der Waals surface area contributed by atoms with E-state index in [4.69, 9.17) is 4.74 Å². The van der Waals surface area contributed by atoms with E-state index in [1.807, 2.05) is 24.3 Å². The Morgan fingerprint density at radius 1 is 1.33 bits per heavy atom. The number of ether oxygens (including phenoxy) is 1. The molecule has 2 heterocycles. The molecule has 8 heteroatoms. The van der Waals surface area contributed by atoms with Gasteiger partial charge in [-0.05, 0) is 37.6 Å². The fraction of sp³-hybridized carbons (Fsp3) is 0.375. The number of rotatable bonds is 4. The van der Waals surface area contributed by atoms with Crippen LogP contribution in [0.25, 0.3) is 10.6 Å². The van der Waals surface area contributed by atoms with Crippen LogP contribution < -0.4 is 10.1 Å². The highest BCUT2D eigenvalue weighted by molar-refractivity contribution is 7.91. The molecule has 128 valence electrons. The van der Waals surface area contributed by atoms with Crippen LogP contribution in [0.3, 0.4) is 0 Å². The largest absolute Gasteiger partial charge is 0.497 e. The molecule has 1 atom stereocenters. The number of methoxy groups -OCH3 is 1. The average Bonchev–Trinajstić information content (AvgIpc) is 3.12.